The molecular formula is C18H19ClN2O3S2. The second-order valence-electron chi connectivity index (χ2n) is 6.15. The van der Waals surface area contributed by atoms with Crippen LogP contribution < -0.4 is 10.0 Å². The second-order valence-corrected chi connectivity index (χ2v) is 9.47. The highest BCUT2D eigenvalue weighted by Gasteiger charge is 2.23. The molecule has 0 spiro atoms. The zero-order chi connectivity index (χ0) is 18.7. The minimum Gasteiger partial charge on any atom is -0.349 e. The summed E-state index contributed by atoms with van der Waals surface area (Å²) in [6.07, 6.45) is 2.01. The van der Waals surface area contributed by atoms with Gasteiger partial charge >= 0.3 is 0 Å². The molecular weight excluding hydrogens is 392 g/mol. The molecule has 0 saturated heterocycles. The first-order chi connectivity index (χ1) is 12.3. The number of rotatable bonds is 5. The number of carbonyl (C=O) groups excluding carboxylic acids is 1. The number of hydrogen-bond acceptors (Lipinski definition) is 4. The number of sulfonamides is 1. The van der Waals surface area contributed by atoms with Crippen LogP contribution in [0.15, 0.2) is 47.4 Å². The first-order valence-electron chi connectivity index (χ1n) is 8.09. The molecule has 1 aliphatic heterocycles. The molecule has 1 amide bonds. The summed E-state index contributed by atoms with van der Waals surface area (Å²) in [7, 11) is -3.41. The molecule has 26 heavy (non-hydrogen) atoms. The van der Waals surface area contributed by atoms with Crippen molar-refractivity contribution in [1.29, 1.82) is 0 Å². The van der Waals surface area contributed by atoms with Gasteiger partial charge in [-0.1, -0.05) is 29.8 Å². The van der Waals surface area contributed by atoms with Crippen molar-refractivity contribution in [2.75, 3.05) is 16.7 Å². The molecule has 2 aromatic carbocycles. The molecule has 2 aromatic rings. The molecule has 3 rings (SSSR count). The number of carbonyl (C=O) groups is 1. The molecule has 0 bridgehead atoms. The molecule has 1 atom stereocenters. The largest absolute Gasteiger partial charge is 0.349 e. The molecule has 1 heterocycles. The zero-order valence-corrected chi connectivity index (χ0v) is 16.5. The standard InChI is InChI=1S/C18H19ClN2O3S2/c1-26(23,24)21-15-5-3-2-4-12(15)10-18(22)20-16-8-9-25-17-7-6-13(19)11-14(16)17/h2-7,11,16,21H,8-10H2,1H3,(H,20,22). The van der Waals surface area contributed by atoms with Crippen LogP contribution in [0.4, 0.5) is 5.69 Å². The second kappa shape index (κ2) is 7.90. The summed E-state index contributed by atoms with van der Waals surface area (Å²) in [5.74, 6) is 0.766. The van der Waals surface area contributed by atoms with Crippen LogP contribution in [-0.2, 0) is 21.2 Å². The Morgan fingerprint density at radius 1 is 1.27 bits per heavy atom. The molecule has 0 aromatic heterocycles. The maximum atomic E-state index is 12.6. The van der Waals surface area contributed by atoms with Crippen LogP contribution in [0.3, 0.4) is 0 Å². The lowest BCUT2D eigenvalue weighted by atomic mass is 10.0. The van der Waals surface area contributed by atoms with Crippen LogP contribution in [0.2, 0.25) is 5.02 Å². The van der Waals surface area contributed by atoms with Crippen molar-refractivity contribution < 1.29 is 13.2 Å². The van der Waals surface area contributed by atoms with Gasteiger partial charge in [0.2, 0.25) is 15.9 Å². The Bertz CT molecular complexity index is 932. The van der Waals surface area contributed by atoms with Gasteiger partial charge in [-0.2, -0.15) is 0 Å². The summed E-state index contributed by atoms with van der Waals surface area (Å²) >= 11 is 7.86. The van der Waals surface area contributed by atoms with Crippen molar-refractivity contribution in [1.82, 2.24) is 5.32 Å². The SMILES string of the molecule is CS(=O)(=O)Nc1ccccc1CC(=O)NC1CCSc2ccc(Cl)cc21. The van der Waals surface area contributed by atoms with E-state index in [2.05, 4.69) is 10.0 Å². The van der Waals surface area contributed by atoms with E-state index in [9.17, 15) is 13.2 Å². The van der Waals surface area contributed by atoms with Crippen LogP contribution in [0.25, 0.3) is 0 Å². The number of nitrogens with one attached hydrogen (secondary N) is 2. The van der Waals surface area contributed by atoms with E-state index in [1.54, 1.807) is 36.0 Å². The van der Waals surface area contributed by atoms with Crippen molar-refractivity contribution >= 4 is 45.0 Å². The lowest BCUT2D eigenvalue weighted by Crippen LogP contribution is -2.32. The van der Waals surface area contributed by atoms with Crippen molar-refractivity contribution in [3.05, 3.63) is 58.6 Å². The summed E-state index contributed by atoms with van der Waals surface area (Å²) in [6.45, 7) is 0. The third kappa shape index (κ3) is 4.93. The highest BCUT2D eigenvalue weighted by Crippen LogP contribution is 2.37. The predicted molar refractivity (Wildman–Crippen MR) is 106 cm³/mol. The highest BCUT2D eigenvalue weighted by atomic mass is 35.5. The summed E-state index contributed by atoms with van der Waals surface area (Å²) in [5, 5.41) is 3.70. The van der Waals surface area contributed by atoms with Gasteiger partial charge in [0.15, 0.2) is 0 Å². The van der Waals surface area contributed by atoms with Gasteiger partial charge in [-0.05, 0) is 41.8 Å². The lowest BCUT2D eigenvalue weighted by Gasteiger charge is -2.26. The smallest absolute Gasteiger partial charge is 0.229 e. The van der Waals surface area contributed by atoms with Gasteiger partial charge in [-0.3, -0.25) is 9.52 Å². The summed E-state index contributed by atoms with van der Waals surface area (Å²) < 4.78 is 25.4. The van der Waals surface area contributed by atoms with E-state index in [4.69, 9.17) is 11.6 Å². The summed E-state index contributed by atoms with van der Waals surface area (Å²) in [5.41, 5.74) is 2.09. The molecule has 138 valence electrons. The van der Waals surface area contributed by atoms with Crippen molar-refractivity contribution in [3.63, 3.8) is 0 Å². The first-order valence-corrected chi connectivity index (χ1v) is 11.3. The van der Waals surface area contributed by atoms with Crippen molar-refractivity contribution in [3.8, 4) is 0 Å². The van der Waals surface area contributed by atoms with Crippen LogP contribution in [0.5, 0.6) is 0 Å². The number of fused-ring (bicyclic) bond motifs is 1. The Labute approximate surface area is 162 Å². The van der Waals surface area contributed by atoms with E-state index in [0.29, 0.717) is 16.3 Å². The number of anilines is 1. The summed E-state index contributed by atoms with van der Waals surface area (Å²) in [6, 6.07) is 12.5. The maximum Gasteiger partial charge on any atom is 0.229 e. The molecule has 1 aliphatic rings. The number of para-hydroxylation sites is 1. The summed E-state index contributed by atoms with van der Waals surface area (Å²) in [4.78, 5) is 13.7. The van der Waals surface area contributed by atoms with E-state index in [0.717, 1.165) is 28.9 Å². The molecule has 0 fully saturated rings. The molecule has 1 unspecified atom stereocenters. The van der Waals surface area contributed by atoms with Gasteiger partial charge in [-0.15, -0.1) is 11.8 Å². The normalized spacial score (nSPS) is 16.6. The average molecular weight is 411 g/mol. The minimum absolute atomic E-state index is 0.0903. The van der Waals surface area contributed by atoms with Gasteiger partial charge < -0.3 is 5.32 Å². The number of halogens is 1. The van der Waals surface area contributed by atoms with E-state index >= 15 is 0 Å². The third-order valence-electron chi connectivity index (χ3n) is 4.01. The predicted octanol–water partition coefficient (Wildman–Crippen LogP) is 3.61. The van der Waals surface area contributed by atoms with Crippen LogP contribution >= 0.6 is 23.4 Å². The molecule has 0 radical (unpaired) electrons. The molecule has 5 nitrogen and oxygen atoms in total. The molecule has 0 aliphatic carbocycles. The Morgan fingerprint density at radius 2 is 2.04 bits per heavy atom. The van der Waals surface area contributed by atoms with E-state index in [-0.39, 0.29) is 18.4 Å². The molecule has 8 heteroatoms. The topological polar surface area (TPSA) is 75.3 Å². The monoisotopic (exact) mass is 410 g/mol. The molecule has 0 saturated carbocycles. The van der Waals surface area contributed by atoms with Gasteiger partial charge in [-0.25, -0.2) is 8.42 Å². The Balaban J connectivity index is 1.74. The number of thioether (sulfide) groups is 1. The van der Waals surface area contributed by atoms with Gasteiger partial charge in [0.25, 0.3) is 0 Å². The van der Waals surface area contributed by atoms with Crippen LogP contribution in [-0.4, -0.2) is 26.3 Å². The Kier molecular flexibility index (Phi) is 5.79. The highest BCUT2D eigenvalue weighted by molar-refractivity contribution is 7.99. The Morgan fingerprint density at radius 3 is 2.81 bits per heavy atom. The lowest BCUT2D eigenvalue weighted by molar-refractivity contribution is -0.121. The molecule has 2 N–H and O–H groups in total. The first kappa shape index (κ1) is 19.1. The zero-order valence-electron chi connectivity index (χ0n) is 14.2. The number of hydrogen-bond donors (Lipinski definition) is 2. The number of benzene rings is 2. The fourth-order valence-corrected chi connectivity index (χ4v) is 4.79. The fourth-order valence-electron chi connectivity index (χ4n) is 2.91. The fraction of sp³-hybridized carbons (Fsp3) is 0.278. The van der Waals surface area contributed by atoms with Gasteiger partial charge in [0.1, 0.15) is 0 Å². The van der Waals surface area contributed by atoms with Gasteiger partial charge in [0.05, 0.1) is 24.4 Å². The number of amides is 1. The van der Waals surface area contributed by atoms with E-state index in [1.165, 1.54) is 0 Å². The average Bonchev–Trinajstić information content (AvgIpc) is 2.56. The quantitative estimate of drug-likeness (QED) is 0.789. The van der Waals surface area contributed by atoms with E-state index < -0.39 is 10.0 Å². The maximum absolute atomic E-state index is 12.6. The van der Waals surface area contributed by atoms with Crippen LogP contribution in [0.1, 0.15) is 23.6 Å². The Hall–Kier alpha value is -1.70. The van der Waals surface area contributed by atoms with E-state index in [1.807, 2.05) is 18.2 Å². The minimum atomic E-state index is -3.41. The van der Waals surface area contributed by atoms with Crippen molar-refractivity contribution in [2.45, 2.75) is 23.8 Å². The van der Waals surface area contributed by atoms with Crippen molar-refractivity contribution in [2.24, 2.45) is 0 Å². The third-order valence-corrected chi connectivity index (χ3v) is 5.96. The van der Waals surface area contributed by atoms with Gasteiger partial charge in [0, 0.05) is 15.7 Å². The van der Waals surface area contributed by atoms with Crippen LogP contribution in [0, 0.1) is 0 Å².